The van der Waals surface area contributed by atoms with Crippen LogP contribution in [0.4, 0.5) is 14.5 Å². The number of aryl methyl sites for hydroxylation is 1. The number of fused-ring (bicyclic) bond motifs is 1. The molecule has 0 unspecified atom stereocenters. The predicted molar refractivity (Wildman–Crippen MR) is 83.9 cm³/mol. The first-order chi connectivity index (χ1) is 11.0. The summed E-state index contributed by atoms with van der Waals surface area (Å²) in [5.74, 6) is -1.76. The largest absolute Gasteiger partial charge is 0.495 e. The standard InChI is InChI=1S/C17H14F2N2O2/c1-9-15(11-4-3-5-14(23-2)16(11)20-9)17(22)21-10-6-7-12(18)13(19)8-10/h3-8,20H,1-2H3,(H,21,22). The third-order valence-electron chi connectivity index (χ3n) is 3.61. The molecular formula is C17H14F2N2O2. The van der Waals surface area contributed by atoms with Gasteiger partial charge >= 0.3 is 0 Å². The zero-order valence-electron chi connectivity index (χ0n) is 12.5. The number of aromatic amines is 1. The van der Waals surface area contributed by atoms with Crippen molar-refractivity contribution >= 4 is 22.5 Å². The molecule has 4 nitrogen and oxygen atoms in total. The number of aromatic nitrogens is 1. The molecule has 3 aromatic rings. The van der Waals surface area contributed by atoms with Gasteiger partial charge in [-0.15, -0.1) is 0 Å². The molecule has 3 rings (SSSR count). The summed E-state index contributed by atoms with van der Waals surface area (Å²) in [5, 5.41) is 3.27. The van der Waals surface area contributed by atoms with Crippen molar-refractivity contribution < 1.29 is 18.3 Å². The molecule has 0 fully saturated rings. The Bertz CT molecular complexity index is 903. The lowest BCUT2D eigenvalue weighted by atomic mass is 10.1. The van der Waals surface area contributed by atoms with Crippen LogP contribution in [0.2, 0.25) is 0 Å². The van der Waals surface area contributed by atoms with Crippen molar-refractivity contribution in [2.45, 2.75) is 6.92 Å². The Kier molecular flexibility index (Phi) is 3.73. The molecular weight excluding hydrogens is 302 g/mol. The second-order valence-corrected chi connectivity index (χ2v) is 5.09. The van der Waals surface area contributed by atoms with Crippen LogP contribution in [0.25, 0.3) is 10.9 Å². The maximum atomic E-state index is 13.3. The van der Waals surface area contributed by atoms with Crippen molar-refractivity contribution in [3.63, 3.8) is 0 Å². The van der Waals surface area contributed by atoms with E-state index >= 15 is 0 Å². The number of benzene rings is 2. The topological polar surface area (TPSA) is 54.1 Å². The van der Waals surface area contributed by atoms with Gasteiger partial charge in [0.25, 0.3) is 5.91 Å². The number of rotatable bonds is 3. The lowest BCUT2D eigenvalue weighted by molar-refractivity contribution is 0.102. The van der Waals surface area contributed by atoms with Crippen molar-refractivity contribution in [2.75, 3.05) is 12.4 Å². The third-order valence-corrected chi connectivity index (χ3v) is 3.61. The Balaban J connectivity index is 2.01. The Morgan fingerprint density at radius 3 is 2.65 bits per heavy atom. The molecule has 2 N–H and O–H groups in total. The molecule has 118 valence electrons. The van der Waals surface area contributed by atoms with Gasteiger partial charge in [0.05, 0.1) is 18.2 Å². The Hall–Kier alpha value is -2.89. The molecule has 0 aliphatic rings. The second-order valence-electron chi connectivity index (χ2n) is 5.09. The molecule has 0 aliphatic heterocycles. The minimum absolute atomic E-state index is 0.186. The number of halogens is 2. The van der Waals surface area contributed by atoms with Gasteiger partial charge in [-0.3, -0.25) is 4.79 Å². The van der Waals surface area contributed by atoms with Crippen LogP contribution in [-0.2, 0) is 0 Å². The summed E-state index contributed by atoms with van der Waals surface area (Å²) < 4.78 is 31.5. The van der Waals surface area contributed by atoms with Gasteiger partial charge in [-0.25, -0.2) is 8.78 Å². The van der Waals surface area contributed by atoms with E-state index in [2.05, 4.69) is 10.3 Å². The minimum atomic E-state index is -1.01. The molecule has 23 heavy (non-hydrogen) atoms. The van der Waals surface area contributed by atoms with Crippen LogP contribution in [0.1, 0.15) is 16.1 Å². The normalized spacial score (nSPS) is 10.8. The summed E-state index contributed by atoms with van der Waals surface area (Å²) in [7, 11) is 1.55. The molecule has 0 aliphatic carbocycles. The monoisotopic (exact) mass is 316 g/mol. The average Bonchev–Trinajstić information content (AvgIpc) is 2.86. The van der Waals surface area contributed by atoms with Crippen LogP contribution in [0.3, 0.4) is 0 Å². The highest BCUT2D eigenvalue weighted by Gasteiger charge is 2.18. The van der Waals surface area contributed by atoms with Crippen molar-refractivity contribution in [3.05, 3.63) is 59.3 Å². The van der Waals surface area contributed by atoms with Gasteiger partial charge in [0.2, 0.25) is 0 Å². The molecule has 0 atom stereocenters. The summed E-state index contributed by atoms with van der Waals surface area (Å²) in [6.07, 6.45) is 0. The van der Waals surface area contributed by atoms with Crippen molar-refractivity contribution in [1.82, 2.24) is 4.98 Å². The van der Waals surface area contributed by atoms with E-state index in [4.69, 9.17) is 4.74 Å². The van der Waals surface area contributed by atoms with Gasteiger partial charge in [-0.05, 0) is 25.1 Å². The van der Waals surface area contributed by atoms with Crippen molar-refractivity contribution in [2.24, 2.45) is 0 Å². The van der Waals surface area contributed by atoms with Gasteiger partial charge in [-0.1, -0.05) is 12.1 Å². The Morgan fingerprint density at radius 2 is 1.96 bits per heavy atom. The van der Waals surface area contributed by atoms with E-state index in [1.54, 1.807) is 32.2 Å². The third kappa shape index (κ3) is 2.63. The summed E-state index contributed by atoms with van der Waals surface area (Å²) in [6, 6.07) is 8.58. The summed E-state index contributed by atoms with van der Waals surface area (Å²) >= 11 is 0. The first-order valence-corrected chi connectivity index (χ1v) is 6.93. The summed E-state index contributed by atoms with van der Waals surface area (Å²) in [5.41, 5.74) is 1.99. The van der Waals surface area contributed by atoms with E-state index in [0.717, 1.165) is 12.1 Å². The fourth-order valence-electron chi connectivity index (χ4n) is 2.55. The number of para-hydroxylation sites is 1. The van der Waals surface area contributed by atoms with Crippen LogP contribution in [0, 0.1) is 18.6 Å². The smallest absolute Gasteiger partial charge is 0.258 e. The molecule has 0 spiro atoms. The van der Waals surface area contributed by atoms with E-state index in [1.165, 1.54) is 6.07 Å². The number of hydrogen-bond donors (Lipinski definition) is 2. The molecule has 0 saturated carbocycles. The van der Waals surface area contributed by atoms with Gasteiger partial charge < -0.3 is 15.0 Å². The Morgan fingerprint density at radius 1 is 1.17 bits per heavy atom. The maximum Gasteiger partial charge on any atom is 0.258 e. The molecule has 0 saturated heterocycles. The van der Waals surface area contributed by atoms with Crippen LogP contribution < -0.4 is 10.1 Å². The average molecular weight is 316 g/mol. The number of carbonyl (C=O) groups excluding carboxylic acids is 1. The van der Waals surface area contributed by atoms with Gasteiger partial charge in [0.15, 0.2) is 11.6 Å². The van der Waals surface area contributed by atoms with Crippen LogP contribution in [-0.4, -0.2) is 18.0 Å². The first kappa shape index (κ1) is 15.0. The van der Waals surface area contributed by atoms with Gasteiger partial charge in [0.1, 0.15) is 5.75 Å². The molecule has 1 amide bonds. The highest BCUT2D eigenvalue weighted by atomic mass is 19.2. The van der Waals surface area contributed by atoms with Crippen LogP contribution >= 0.6 is 0 Å². The Labute approximate surface area is 131 Å². The molecule has 0 radical (unpaired) electrons. The number of hydrogen-bond acceptors (Lipinski definition) is 2. The molecule has 2 aromatic carbocycles. The number of methoxy groups -OCH3 is 1. The summed E-state index contributed by atoms with van der Waals surface area (Å²) in [6.45, 7) is 1.76. The minimum Gasteiger partial charge on any atom is -0.495 e. The number of carbonyl (C=O) groups is 1. The molecule has 0 bridgehead atoms. The van der Waals surface area contributed by atoms with Gasteiger partial charge in [0, 0.05) is 22.8 Å². The highest BCUT2D eigenvalue weighted by molar-refractivity contribution is 6.14. The SMILES string of the molecule is COc1cccc2c(C(=O)Nc3ccc(F)c(F)c3)c(C)[nH]c12. The van der Waals surface area contributed by atoms with E-state index < -0.39 is 17.5 Å². The van der Waals surface area contributed by atoms with E-state index in [1.807, 2.05) is 0 Å². The van der Waals surface area contributed by atoms with E-state index in [9.17, 15) is 13.6 Å². The molecule has 1 aromatic heterocycles. The molecule has 6 heteroatoms. The van der Waals surface area contributed by atoms with E-state index in [-0.39, 0.29) is 5.69 Å². The van der Waals surface area contributed by atoms with Crippen LogP contribution in [0.15, 0.2) is 36.4 Å². The van der Waals surface area contributed by atoms with E-state index in [0.29, 0.717) is 27.9 Å². The zero-order valence-corrected chi connectivity index (χ0v) is 12.5. The lowest BCUT2D eigenvalue weighted by Gasteiger charge is -2.06. The number of H-pyrrole nitrogens is 1. The van der Waals surface area contributed by atoms with Crippen molar-refractivity contribution in [1.29, 1.82) is 0 Å². The first-order valence-electron chi connectivity index (χ1n) is 6.93. The van der Waals surface area contributed by atoms with Crippen LogP contribution in [0.5, 0.6) is 5.75 Å². The number of nitrogens with one attached hydrogen (secondary N) is 2. The quantitative estimate of drug-likeness (QED) is 0.767. The number of ether oxygens (including phenoxy) is 1. The van der Waals surface area contributed by atoms with Crippen molar-refractivity contribution in [3.8, 4) is 5.75 Å². The fraction of sp³-hybridized carbons (Fsp3) is 0.118. The highest BCUT2D eigenvalue weighted by Crippen LogP contribution is 2.30. The maximum absolute atomic E-state index is 13.3. The lowest BCUT2D eigenvalue weighted by Crippen LogP contribution is -2.13. The zero-order chi connectivity index (χ0) is 16.6. The number of amides is 1. The number of anilines is 1. The fourth-order valence-corrected chi connectivity index (χ4v) is 2.55. The summed E-state index contributed by atoms with van der Waals surface area (Å²) in [4.78, 5) is 15.6. The van der Waals surface area contributed by atoms with Gasteiger partial charge in [-0.2, -0.15) is 0 Å². The predicted octanol–water partition coefficient (Wildman–Crippen LogP) is 4.02. The second kappa shape index (κ2) is 5.72. The molecule has 1 heterocycles.